The highest BCUT2D eigenvalue weighted by atomic mass is 16.6. The summed E-state index contributed by atoms with van der Waals surface area (Å²) in [6.07, 6.45) is 10.7. The van der Waals surface area contributed by atoms with Gasteiger partial charge in [0.15, 0.2) is 0 Å². The minimum absolute atomic E-state index is 0.143. The molecule has 0 saturated heterocycles. The van der Waals surface area contributed by atoms with E-state index in [-0.39, 0.29) is 22.3 Å². The number of nitrogens with two attached hydrogens (primary N) is 1. The average molecular weight is 360 g/mol. The SMILES string of the molecule is C=C[C@]1(C)CC=C2[C@@H](CC[C@@H]3C(C)(C)[C@H](OC(=O)C(N)=O)CC[C@@]23C)C1. The highest BCUT2D eigenvalue weighted by molar-refractivity contribution is 6.31. The number of amides is 1. The zero-order valence-electron chi connectivity index (χ0n) is 16.6. The molecule has 2 N–H and O–H groups in total. The molecule has 0 aliphatic heterocycles. The van der Waals surface area contributed by atoms with E-state index in [4.69, 9.17) is 10.5 Å². The standard InChI is InChI=1S/C22H33NO3/c1-6-21(4)11-9-15-14(13-21)7-8-16-20(2,3)17(10-12-22(15,16)5)26-19(25)18(23)24/h6,9,14,16-17H,1,7-8,10-13H2,2-5H3,(H2,23,24)/t14-,16+,17+,21+,22-/m0/s1. The van der Waals surface area contributed by atoms with Crippen LogP contribution in [0.5, 0.6) is 0 Å². The summed E-state index contributed by atoms with van der Waals surface area (Å²) in [5, 5.41) is 0. The molecule has 0 aromatic rings. The van der Waals surface area contributed by atoms with Gasteiger partial charge in [-0.05, 0) is 61.2 Å². The first-order valence-corrected chi connectivity index (χ1v) is 9.88. The summed E-state index contributed by atoms with van der Waals surface area (Å²) in [5.41, 5.74) is 6.88. The summed E-state index contributed by atoms with van der Waals surface area (Å²) in [5.74, 6) is -0.839. The molecule has 0 aromatic carbocycles. The van der Waals surface area contributed by atoms with Gasteiger partial charge in [0.2, 0.25) is 0 Å². The summed E-state index contributed by atoms with van der Waals surface area (Å²) in [4.78, 5) is 22.9. The van der Waals surface area contributed by atoms with Crippen LogP contribution in [0.25, 0.3) is 0 Å². The van der Waals surface area contributed by atoms with Crippen LogP contribution < -0.4 is 5.73 Å². The van der Waals surface area contributed by atoms with E-state index in [1.165, 1.54) is 12.8 Å². The van der Waals surface area contributed by atoms with Crippen molar-refractivity contribution >= 4 is 11.9 Å². The van der Waals surface area contributed by atoms with Crippen LogP contribution in [0.3, 0.4) is 0 Å². The topological polar surface area (TPSA) is 69.4 Å². The molecule has 0 aromatic heterocycles. The molecule has 4 nitrogen and oxygen atoms in total. The van der Waals surface area contributed by atoms with Gasteiger partial charge in [0, 0.05) is 5.41 Å². The Morgan fingerprint density at radius 1 is 1.23 bits per heavy atom. The van der Waals surface area contributed by atoms with E-state index in [1.807, 2.05) is 0 Å². The Morgan fingerprint density at radius 2 is 1.92 bits per heavy atom. The van der Waals surface area contributed by atoms with Crippen LogP contribution in [0.1, 0.15) is 66.2 Å². The first kappa shape index (κ1) is 19.2. The van der Waals surface area contributed by atoms with Crippen molar-refractivity contribution in [2.45, 2.75) is 72.3 Å². The maximum Gasteiger partial charge on any atom is 0.396 e. The molecule has 2 saturated carbocycles. The molecule has 0 heterocycles. The van der Waals surface area contributed by atoms with Crippen LogP contribution in [0, 0.1) is 28.1 Å². The van der Waals surface area contributed by atoms with Gasteiger partial charge in [-0.2, -0.15) is 0 Å². The van der Waals surface area contributed by atoms with Crippen LogP contribution in [0.15, 0.2) is 24.3 Å². The Hall–Kier alpha value is -1.58. The number of primary amides is 1. The molecular formula is C22H33NO3. The molecule has 3 aliphatic carbocycles. The van der Waals surface area contributed by atoms with Crippen molar-refractivity contribution in [1.82, 2.24) is 0 Å². The number of esters is 1. The molecule has 0 bridgehead atoms. The fourth-order valence-electron chi connectivity index (χ4n) is 6.21. The molecule has 4 heteroatoms. The van der Waals surface area contributed by atoms with Crippen molar-refractivity contribution in [3.8, 4) is 0 Å². The summed E-state index contributed by atoms with van der Waals surface area (Å²) in [6.45, 7) is 13.1. The van der Waals surface area contributed by atoms with Gasteiger partial charge in [0.25, 0.3) is 0 Å². The van der Waals surface area contributed by atoms with Crippen molar-refractivity contribution in [1.29, 1.82) is 0 Å². The molecule has 0 radical (unpaired) electrons. The second-order valence-electron chi connectivity index (χ2n) is 9.79. The Balaban J connectivity index is 1.88. The number of ether oxygens (including phenoxy) is 1. The number of hydrogen-bond donors (Lipinski definition) is 1. The summed E-state index contributed by atoms with van der Waals surface area (Å²) in [7, 11) is 0. The van der Waals surface area contributed by atoms with Gasteiger partial charge in [0.05, 0.1) is 0 Å². The number of fused-ring (bicyclic) bond motifs is 3. The Kier molecular flexibility index (Phi) is 4.61. The van der Waals surface area contributed by atoms with Gasteiger partial charge in [-0.25, -0.2) is 4.79 Å². The molecule has 26 heavy (non-hydrogen) atoms. The maximum atomic E-state index is 11.8. The van der Waals surface area contributed by atoms with Crippen LogP contribution in [0.2, 0.25) is 0 Å². The number of carbonyl (C=O) groups is 2. The molecule has 2 fully saturated rings. The van der Waals surface area contributed by atoms with Crippen molar-refractivity contribution in [3.63, 3.8) is 0 Å². The zero-order chi connectivity index (χ0) is 19.3. The van der Waals surface area contributed by atoms with E-state index in [0.29, 0.717) is 11.8 Å². The van der Waals surface area contributed by atoms with Crippen LogP contribution >= 0.6 is 0 Å². The third-order valence-corrected chi connectivity index (χ3v) is 7.77. The van der Waals surface area contributed by atoms with Gasteiger partial charge >= 0.3 is 11.9 Å². The minimum Gasteiger partial charge on any atom is -0.455 e. The lowest BCUT2D eigenvalue weighted by Crippen LogP contribution is -2.55. The van der Waals surface area contributed by atoms with Crippen molar-refractivity contribution in [2.24, 2.45) is 33.8 Å². The highest BCUT2D eigenvalue weighted by Gasteiger charge is 2.57. The van der Waals surface area contributed by atoms with E-state index in [1.54, 1.807) is 5.57 Å². The summed E-state index contributed by atoms with van der Waals surface area (Å²) < 4.78 is 5.50. The normalized spacial score (nSPS) is 41.2. The first-order valence-electron chi connectivity index (χ1n) is 9.88. The van der Waals surface area contributed by atoms with Gasteiger partial charge in [0.1, 0.15) is 6.10 Å². The average Bonchev–Trinajstić information content (AvgIpc) is 2.57. The van der Waals surface area contributed by atoms with Crippen molar-refractivity contribution in [3.05, 3.63) is 24.3 Å². The lowest BCUT2D eigenvalue weighted by atomic mass is 9.46. The third kappa shape index (κ3) is 2.91. The number of hydrogen-bond acceptors (Lipinski definition) is 3. The van der Waals surface area contributed by atoms with Gasteiger partial charge < -0.3 is 10.5 Å². The summed E-state index contributed by atoms with van der Waals surface area (Å²) in [6, 6.07) is 0. The van der Waals surface area contributed by atoms with E-state index in [9.17, 15) is 9.59 Å². The number of rotatable bonds is 2. The van der Waals surface area contributed by atoms with Gasteiger partial charge in [-0.1, -0.05) is 45.4 Å². The van der Waals surface area contributed by atoms with E-state index < -0.39 is 11.9 Å². The van der Waals surface area contributed by atoms with Crippen molar-refractivity contribution < 1.29 is 14.3 Å². The number of carbonyl (C=O) groups excluding carboxylic acids is 2. The van der Waals surface area contributed by atoms with Crippen LogP contribution in [0.4, 0.5) is 0 Å². The minimum atomic E-state index is -1.00. The van der Waals surface area contributed by atoms with Crippen molar-refractivity contribution in [2.75, 3.05) is 0 Å². The molecule has 3 aliphatic rings. The smallest absolute Gasteiger partial charge is 0.396 e. The van der Waals surface area contributed by atoms with Crippen LogP contribution in [-0.4, -0.2) is 18.0 Å². The quantitative estimate of drug-likeness (QED) is 0.457. The molecular weight excluding hydrogens is 326 g/mol. The van der Waals surface area contributed by atoms with Crippen LogP contribution in [-0.2, 0) is 14.3 Å². The monoisotopic (exact) mass is 359 g/mol. The summed E-state index contributed by atoms with van der Waals surface area (Å²) >= 11 is 0. The maximum absolute atomic E-state index is 11.8. The highest BCUT2D eigenvalue weighted by Crippen LogP contribution is 2.64. The Bertz CT molecular complexity index is 664. The molecule has 144 valence electrons. The molecule has 0 spiro atoms. The molecule has 1 amide bonds. The van der Waals surface area contributed by atoms with Gasteiger partial charge in [-0.3, -0.25) is 4.79 Å². The first-order chi connectivity index (χ1) is 12.0. The van der Waals surface area contributed by atoms with E-state index in [0.717, 1.165) is 25.7 Å². The third-order valence-electron chi connectivity index (χ3n) is 7.77. The lowest BCUT2D eigenvalue weighted by molar-refractivity contribution is -0.174. The number of allylic oxidation sites excluding steroid dienone is 3. The van der Waals surface area contributed by atoms with Gasteiger partial charge in [-0.15, -0.1) is 6.58 Å². The predicted molar refractivity (Wildman–Crippen MR) is 102 cm³/mol. The van der Waals surface area contributed by atoms with E-state index >= 15 is 0 Å². The predicted octanol–water partition coefficient (Wildman–Crippen LogP) is 4.15. The second-order valence-corrected chi connectivity index (χ2v) is 9.79. The Morgan fingerprint density at radius 3 is 2.54 bits per heavy atom. The second kappa shape index (κ2) is 6.24. The molecule has 5 atom stereocenters. The molecule has 3 rings (SSSR count). The Labute approximate surface area is 157 Å². The molecule has 0 unspecified atom stereocenters. The lowest BCUT2D eigenvalue weighted by Gasteiger charge is -2.60. The fourth-order valence-corrected chi connectivity index (χ4v) is 6.21. The largest absolute Gasteiger partial charge is 0.455 e. The fraction of sp³-hybridized carbons (Fsp3) is 0.727. The zero-order valence-corrected chi connectivity index (χ0v) is 16.6. The van der Waals surface area contributed by atoms with E-state index in [2.05, 4.69) is 46.4 Å².